The van der Waals surface area contributed by atoms with Gasteiger partial charge in [0.05, 0.1) is 5.75 Å². The van der Waals surface area contributed by atoms with E-state index in [9.17, 15) is 9.59 Å². The number of carboxylic acid groups (broad SMARTS) is 1. The molecule has 1 atom stereocenters. The first kappa shape index (κ1) is 18.6. The summed E-state index contributed by atoms with van der Waals surface area (Å²) in [7, 11) is 0. The lowest BCUT2D eigenvalue weighted by Crippen LogP contribution is -2.26. The molecule has 1 rings (SSSR count). The molecule has 0 saturated carbocycles. The zero-order valence-electron chi connectivity index (χ0n) is 13.5. The number of carboxylic acids is 1. The Morgan fingerprint density at radius 1 is 1.27 bits per heavy atom. The van der Waals surface area contributed by atoms with E-state index in [1.54, 1.807) is 0 Å². The molecule has 122 valence electrons. The minimum Gasteiger partial charge on any atom is -0.481 e. The second kappa shape index (κ2) is 9.51. The van der Waals surface area contributed by atoms with E-state index in [2.05, 4.69) is 19.2 Å². The molecule has 0 saturated heterocycles. The maximum absolute atomic E-state index is 12.3. The predicted octanol–water partition coefficient (Wildman–Crippen LogP) is 4.02. The summed E-state index contributed by atoms with van der Waals surface area (Å²) >= 11 is 1.35. The Labute approximate surface area is 136 Å². The summed E-state index contributed by atoms with van der Waals surface area (Å²) < 4.78 is 0. The third-order valence-electron chi connectivity index (χ3n) is 3.86. The van der Waals surface area contributed by atoms with E-state index >= 15 is 0 Å². The highest BCUT2D eigenvalue weighted by molar-refractivity contribution is 7.99. The molecule has 0 aliphatic carbocycles. The van der Waals surface area contributed by atoms with Gasteiger partial charge in [0.2, 0.25) is 5.91 Å². The highest BCUT2D eigenvalue weighted by atomic mass is 32.2. The number of nitrogens with one attached hydrogen (secondary N) is 1. The Bertz CT molecular complexity index is 500. The van der Waals surface area contributed by atoms with Crippen molar-refractivity contribution in [1.29, 1.82) is 0 Å². The lowest BCUT2D eigenvalue weighted by atomic mass is 9.88. The maximum Gasteiger partial charge on any atom is 0.313 e. The SMILES string of the molecule is CCC(CC)C(C)C(=O)Nc1cccc(CSCC(=O)O)c1. The van der Waals surface area contributed by atoms with Crippen molar-refractivity contribution in [1.82, 2.24) is 0 Å². The molecule has 0 aliphatic heterocycles. The number of carbonyl (C=O) groups is 2. The highest BCUT2D eigenvalue weighted by Crippen LogP contribution is 2.22. The zero-order chi connectivity index (χ0) is 16.5. The van der Waals surface area contributed by atoms with Crippen LogP contribution in [0.15, 0.2) is 24.3 Å². The third-order valence-corrected chi connectivity index (χ3v) is 4.85. The second-order valence-electron chi connectivity index (χ2n) is 5.44. The third kappa shape index (κ3) is 6.10. The molecule has 1 aromatic carbocycles. The van der Waals surface area contributed by atoms with Gasteiger partial charge in [0, 0.05) is 17.4 Å². The van der Waals surface area contributed by atoms with Crippen LogP contribution in [-0.2, 0) is 15.3 Å². The van der Waals surface area contributed by atoms with E-state index in [-0.39, 0.29) is 17.6 Å². The summed E-state index contributed by atoms with van der Waals surface area (Å²) in [6.45, 7) is 6.19. The number of hydrogen-bond donors (Lipinski definition) is 2. The van der Waals surface area contributed by atoms with E-state index in [1.807, 2.05) is 31.2 Å². The van der Waals surface area contributed by atoms with E-state index in [1.165, 1.54) is 11.8 Å². The lowest BCUT2D eigenvalue weighted by Gasteiger charge is -2.20. The number of hydrogen-bond acceptors (Lipinski definition) is 3. The van der Waals surface area contributed by atoms with Crippen molar-refractivity contribution in [2.75, 3.05) is 11.1 Å². The van der Waals surface area contributed by atoms with E-state index in [0.29, 0.717) is 11.7 Å². The first-order valence-electron chi connectivity index (χ1n) is 7.67. The van der Waals surface area contributed by atoms with Gasteiger partial charge in [0.1, 0.15) is 0 Å². The van der Waals surface area contributed by atoms with Crippen LogP contribution in [0.2, 0.25) is 0 Å². The molecule has 0 spiro atoms. The number of thioether (sulfide) groups is 1. The first-order chi connectivity index (χ1) is 10.5. The molecule has 4 nitrogen and oxygen atoms in total. The van der Waals surface area contributed by atoms with Gasteiger partial charge in [-0.15, -0.1) is 11.8 Å². The fourth-order valence-electron chi connectivity index (χ4n) is 2.46. The number of anilines is 1. The topological polar surface area (TPSA) is 66.4 Å². The van der Waals surface area contributed by atoms with Crippen LogP contribution in [-0.4, -0.2) is 22.7 Å². The molecule has 1 aromatic rings. The van der Waals surface area contributed by atoms with Crippen LogP contribution < -0.4 is 5.32 Å². The van der Waals surface area contributed by atoms with Crippen LogP contribution in [0.5, 0.6) is 0 Å². The first-order valence-corrected chi connectivity index (χ1v) is 8.82. The van der Waals surface area contributed by atoms with Crippen molar-refractivity contribution in [3.05, 3.63) is 29.8 Å². The number of carbonyl (C=O) groups excluding carboxylic acids is 1. The van der Waals surface area contributed by atoms with E-state index in [0.717, 1.165) is 24.1 Å². The zero-order valence-corrected chi connectivity index (χ0v) is 14.3. The van der Waals surface area contributed by atoms with Gasteiger partial charge in [-0.3, -0.25) is 9.59 Å². The summed E-state index contributed by atoms with van der Waals surface area (Å²) in [6, 6.07) is 7.60. The standard InChI is InChI=1S/C17H25NO3S/c1-4-14(5-2)12(3)17(21)18-15-8-6-7-13(9-15)10-22-11-16(19)20/h6-9,12,14H,4-5,10-11H2,1-3H3,(H,18,21)(H,19,20). The van der Waals surface area contributed by atoms with Crippen LogP contribution >= 0.6 is 11.8 Å². The van der Waals surface area contributed by atoms with Gasteiger partial charge in [-0.1, -0.05) is 45.7 Å². The molecule has 0 aliphatic rings. The van der Waals surface area contributed by atoms with Crippen LogP contribution in [0.3, 0.4) is 0 Å². The highest BCUT2D eigenvalue weighted by Gasteiger charge is 2.21. The summed E-state index contributed by atoms with van der Waals surface area (Å²) in [6.07, 6.45) is 1.99. The smallest absolute Gasteiger partial charge is 0.313 e. The van der Waals surface area contributed by atoms with Gasteiger partial charge in [-0.25, -0.2) is 0 Å². The van der Waals surface area contributed by atoms with Crippen molar-refractivity contribution in [2.24, 2.45) is 11.8 Å². The summed E-state index contributed by atoms with van der Waals surface area (Å²) in [5.41, 5.74) is 1.79. The molecule has 22 heavy (non-hydrogen) atoms. The minimum absolute atomic E-state index is 0.0139. The molecule has 0 fully saturated rings. The largest absolute Gasteiger partial charge is 0.481 e. The van der Waals surface area contributed by atoms with Gasteiger partial charge in [-0.2, -0.15) is 0 Å². The Kier molecular flexibility index (Phi) is 8.02. The van der Waals surface area contributed by atoms with Crippen molar-refractivity contribution in [3.63, 3.8) is 0 Å². The van der Waals surface area contributed by atoms with Gasteiger partial charge >= 0.3 is 5.97 Å². The van der Waals surface area contributed by atoms with E-state index in [4.69, 9.17) is 5.11 Å². The van der Waals surface area contributed by atoms with Crippen LogP contribution in [0.25, 0.3) is 0 Å². The molecular formula is C17H25NO3S. The van der Waals surface area contributed by atoms with E-state index < -0.39 is 5.97 Å². The van der Waals surface area contributed by atoms with Crippen molar-refractivity contribution in [2.45, 2.75) is 39.4 Å². The summed E-state index contributed by atoms with van der Waals surface area (Å²) in [4.78, 5) is 22.8. The molecule has 1 amide bonds. The summed E-state index contributed by atoms with van der Waals surface area (Å²) in [5.74, 6) is 0.326. The Balaban J connectivity index is 2.62. The predicted molar refractivity (Wildman–Crippen MR) is 92.1 cm³/mol. The Morgan fingerprint density at radius 3 is 2.55 bits per heavy atom. The molecule has 0 heterocycles. The average molecular weight is 323 g/mol. The quantitative estimate of drug-likeness (QED) is 0.720. The molecule has 0 bridgehead atoms. The summed E-state index contributed by atoms with van der Waals surface area (Å²) in [5, 5.41) is 11.6. The number of amides is 1. The maximum atomic E-state index is 12.3. The molecule has 5 heteroatoms. The fourth-order valence-corrected chi connectivity index (χ4v) is 3.15. The van der Waals surface area contributed by atoms with Crippen LogP contribution in [0.4, 0.5) is 5.69 Å². The number of aliphatic carboxylic acids is 1. The number of benzene rings is 1. The minimum atomic E-state index is -0.812. The molecule has 1 unspecified atom stereocenters. The lowest BCUT2D eigenvalue weighted by molar-refractivity contribution is -0.133. The van der Waals surface area contributed by atoms with Crippen molar-refractivity contribution < 1.29 is 14.7 Å². The van der Waals surface area contributed by atoms with Crippen molar-refractivity contribution >= 4 is 29.3 Å². The Hall–Kier alpha value is -1.49. The molecular weight excluding hydrogens is 298 g/mol. The van der Waals surface area contributed by atoms with Gasteiger partial charge in [0.25, 0.3) is 0 Å². The second-order valence-corrected chi connectivity index (χ2v) is 6.43. The van der Waals surface area contributed by atoms with Crippen molar-refractivity contribution in [3.8, 4) is 0 Å². The monoisotopic (exact) mass is 323 g/mol. The Morgan fingerprint density at radius 2 is 1.95 bits per heavy atom. The molecule has 0 aromatic heterocycles. The average Bonchev–Trinajstić information content (AvgIpc) is 2.48. The van der Waals surface area contributed by atoms with Crippen LogP contribution in [0.1, 0.15) is 39.2 Å². The normalized spacial score (nSPS) is 12.2. The molecule has 2 N–H and O–H groups in total. The number of rotatable bonds is 9. The van der Waals surface area contributed by atoms with Gasteiger partial charge in [0.15, 0.2) is 0 Å². The van der Waals surface area contributed by atoms with Crippen LogP contribution in [0, 0.1) is 11.8 Å². The van der Waals surface area contributed by atoms with Gasteiger partial charge < -0.3 is 10.4 Å². The molecule has 0 radical (unpaired) electrons. The van der Waals surface area contributed by atoms with Gasteiger partial charge in [-0.05, 0) is 23.6 Å². The fraction of sp³-hybridized carbons (Fsp3) is 0.529.